The summed E-state index contributed by atoms with van der Waals surface area (Å²) in [5.41, 5.74) is 6.74. The molecular weight excluding hydrogens is 214 g/mol. The predicted molar refractivity (Wildman–Crippen MR) is 67.8 cm³/mol. The Morgan fingerprint density at radius 1 is 1.35 bits per heavy atom. The number of phenolic OH excluding ortho intramolecular Hbond substituents is 1. The molecule has 0 bridgehead atoms. The van der Waals surface area contributed by atoms with Crippen LogP contribution in [0.1, 0.15) is 31.2 Å². The number of phenols is 1. The Morgan fingerprint density at radius 2 is 2.18 bits per heavy atom. The zero-order valence-electron chi connectivity index (χ0n) is 10.1. The molecule has 0 amide bonds. The second-order valence-corrected chi connectivity index (χ2v) is 5.17. The van der Waals surface area contributed by atoms with Gasteiger partial charge in [-0.25, -0.2) is 0 Å². The SMILES string of the molecule is NCC1(Cc2cccc(O)c2)CCCCC1O. The summed E-state index contributed by atoms with van der Waals surface area (Å²) in [5, 5.41) is 19.7. The molecule has 2 unspecified atom stereocenters. The summed E-state index contributed by atoms with van der Waals surface area (Å²) in [6, 6.07) is 7.25. The van der Waals surface area contributed by atoms with Gasteiger partial charge in [0, 0.05) is 12.0 Å². The number of aromatic hydroxyl groups is 1. The summed E-state index contributed by atoms with van der Waals surface area (Å²) >= 11 is 0. The number of rotatable bonds is 3. The summed E-state index contributed by atoms with van der Waals surface area (Å²) in [5.74, 6) is 0.278. The third kappa shape index (κ3) is 2.61. The maximum atomic E-state index is 10.2. The lowest BCUT2D eigenvalue weighted by molar-refractivity contribution is -0.00587. The Morgan fingerprint density at radius 3 is 2.82 bits per heavy atom. The van der Waals surface area contributed by atoms with Crippen LogP contribution in [0.2, 0.25) is 0 Å². The lowest BCUT2D eigenvalue weighted by Crippen LogP contribution is -2.45. The first-order chi connectivity index (χ1) is 8.16. The van der Waals surface area contributed by atoms with Crippen molar-refractivity contribution in [2.45, 2.75) is 38.2 Å². The van der Waals surface area contributed by atoms with E-state index in [1.165, 1.54) is 0 Å². The Hall–Kier alpha value is -1.06. The zero-order valence-corrected chi connectivity index (χ0v) is 10.1. The molecule has 0 radical (unpaired) electrons. The van der Waals surface area contributed by atoms with Crippen LogP contribution >= 0.6 is 0 Å². The van der Waals surface area contributed by atoms with Gasteiger partial charge in [0.2, 0.25) is 0 Å². The monoisotopic (exact) mass is 235 g/mol. The van der Waals surface area contributed by atoms with E-state index in [0.717, 1.165) is 37.7 Å². The molecule has 2 rings (SSSR count). The highest BCUT2D eigenvalue weighted by Gasteiger charge is 2.38. The summed E-state index contributed by atoms with van der Waals surface area (Å²) < 4.78 is 0. The van der Waals surface area contributed by atoms with E-state index in [1.54, 1.807) is 12.1 Å². The normalized spacial score (nSPS) is 29.2. The van der Waals surface area contributed by atoms with Gasteiger partial charge in [0.05, 0.1) is 6.10 Å². The van der Waals surface area contributed by atoms with Crippen molar-refractivity contribution < 1.29 is 10.2 Å². The van der Waals surface area contributed by atoms with Crippen molar-refractivity contribution in [3.63, 3.8) is 0 Å². The van der Waals surface area contributed by atoms with Crippen molar-refractivity contribution in [2.75, 3.05) is 6.54 Å². The van der Waals surface area contributed by atoms with Gasteiger partial charge in [0.25, 0.3) is 0 Å². The highest BCUT2D eigenvalue weighted by Crippen LogP contribution is 2.39. The molecule has 1 aliphatic carbocycles. The van der Waals surface area contributed by atoms with E-state index in [9.17, 15) is 10.2 Å². The third-order valence-corrected chi connectivity index (χ3v) is 3.98. The van der Waals surface area contributed by atoms with Gasteiger partial charge in [-0.1, -0.05) is 25.0 Å². The summed E-state index contributed by atoms with van der Waals surface area (Å²) in [4.78, 5) is 0. The molecule has 1 fully saturated rings. The standard InChI is InChI=1S/C14H21NO2/c15-10-14(7-2-1-6-13(14)17)9-11-4-3-5-12(16)8-11/h3-5,8,13,16-17H,1-2,6-7,9-10,15H2. The largest absolute Gasteiger partial charge is 0.508 e. The number of aliphatic hydroxyl groups excluding tert-OH is 1. The average Bonchev–Trinajstić information content (AvgIpc) is 2.32. The first-order valence-corrected chi connectivity index (χ1v) is 6.32. The fraction of sp³-hybridized carbons (Fsp3) is 0.571. The van der Waals surface area contributed by atoms with Gasteiger partial charge < -0.3 is 15.9 Å². The van der Waals surface area contributed by atoms with E-state index < -0.39 is 0 Å². The molecule has 1 aromatic rings. The van der Waals surface area contributed by atoms with Crippen molar-refractivity contribution in [1.29, 1.82) is 0 Å². The molecule has 0 aliphatic heterocycles. The molecule has 1 aliphatic rings. The van der Waals surface area contributed by atoms with Crippen LogP contribution in [0.5, 0.6) is 5.75 Å². The molecule has 3 nitrogen and oxygen atoms in total. The second-order valence-electron chi connectivity index (χ2n) is 5.17. The molecular formula is C14H21NO2. The fourth-order valence-corrected chi connectivity index (χ4v) is 2.88. The van der Waals surface area contributed by atoms with Gasteiger partial charge in [0.1, 0.15) is 5.75 Å². The molecule has 94 valence electrons. The number of benzene rings is 1. The van der Waals surface area contributed by atoms with E-state index in [2.05, 4.69) is 0 Å². The molecule has 17 heavy (non-hydrogen) atoms. The van der Waals surface area contributed by atoms with Gasteiger partial charge in [-0.05, 0) is 37.0 Å². The molecule has 1 saturated carbocycles. The Kier molecular flexibility index (Phi) is 3.69. The smallest absolute Gasteiger partial charge is 0.115 e. The highest BCUT2D eigenvalue weighted by atomic mass is 16.3. The topological polar surface area (TPSA) is 66.5 Å². The minimum Gasteiger partial charge on any atom is -0.508 e. The number of hydrogen-bond acceptors (Lipinski definition) is 3. The number of nitrogens with two attached hydrogens (primary N) is 1. The molecule has 1 aromatic carbocycles. The Labute approximate surface area is 102 Å². The van der Waals surface area contributed by atoms with Crippen LogP contribution < -0.4 is 5.73 Å². The quantitative estimate of drug-likeness (QED) is 0.748. The van der Waals surface area contributed by atoms with Crippen LogP contribution in [-0.2, 0) is 6.42 Å². The van der Waals surface area contributed by atoms with Crippen LogP contribution in [0.4, 0.5) is 0 Å². The summed E-state index contributed by atoms with van der Waals surface area (Å²) in [7, 11) is 0. The van der Waals surface area contributed by atoms with E-state index in [1.807, 2.05) is 12.1 Å². The van der Waals surface area contributed by atoms with Gasteiger partial charge in [-0.15, -0.1) is 0 Å². The average molecular weight is 235 g/mol. The van der Waals surface area contributed by atoms with Crippen molar-refractivity contribution in [1.82, 2.24) is 0 Å². The zero-order chi connectivity index (χ0) is 12.3. The molecule has 0 aromatic heterocycles. The summed E-state index contributed by atoms with van der Waals surface area (Å²) in [6.45, 7) is 0.504. The minimum absolute atomic E-state index is 0.202. The van der Waals surface area contributed by atoms with Gasteiger partial charge in [-0.2, -0.15) is 0 Å². The molecule has 0 spiro atoms. The molecule has 0 heterocycles. The number of aliphatic hydroxyl groups is 1. The van der Waals surface area contributed by atoms with Crippen molar-refractivity contribution in [3.8, 4) is 5.75 Å². The first-order valence-electron chi connectivity index (χ1n) is 6.32. The predicted octanol–water partition coefficient (Wildman–Crippen LogP) is 1.81. The Balaban J connectivity index is 2.18. The van der Waals surface area contributed by atoms with Crippen LogP contribution in [0.3, 0.4) is 0 Å². The second kappa shape index (κ2) is 5.07. The first kappa shape index (κ1) is 12.4. The van der Waals surface area contributed by atoms with Crippen LogP contribution in [0.15, 0.2) is 24.3 Å². The van der Waals surface area contributed by atoms with Crippen molar-refractivity contribution in [2.24, 2.45) is 11.1 Å². The van der Waals surface area contributed by atoms with E-state index in [0.29, 0.717) is 6.54 Å². The van der Waals surface area contributed by atoms with Crippen LogP contribution in [0, 0.1) is 5.41 Å². The van der Waals surface area contributed by atoms with Gasteiger partial charge in [-0.3, -0.25) is 0 Å². The lowest BCUT2D eigenvalue weighted by Gasteiger charge is -2.41. The molecule has 3 heteroatoms. The fourth-order valence-electron chi connectivity index (χ4n) is 2.88. The molecule has 4 N–H and O–H groups in total. The third-order valence-electron chi connectivity index (χ3n) is 3.98. The highest BCUT2D eigenvalue weighted by molar-refractivity contribution is 5.28. The van der Waals surface area contributed by atoms with E-state index >= 15 is 0 Å². The maximum Gasteiger partial charge on any atom is 0.115 e. The van der Waals surface area contributed by atoms with Crippen molar-refractivity contribution >= 4 is 0 Å². The number of hydrogen-bond donors (Lipinski definition) is 3. The van der Waals surface area contributed by atoms with Gasteiger partial charge in [0.15, 0.2) is 0 Å². The lowest BCUT2D eigenvalue weighted by atomic mass is 9.68. The maximum absolute atomic E-state index is 10.2. The van der Waals surface area contributed by atoms with Crippen LogP contribution in [-0.4, -0.2) is 22.9 Å². The van der Waals surface area contributed by atoms with Crippen molar-refractivity contribution in [3.05, 3.63) is 29.8 Å². The van der Waals surface area contributed by atoms with E-state index in [-0.39, 0.29) is 17.3 Å². The van der Waals surface area contributed by atoms with Crippen LogP contribution in [0.25, 0.3) is 0 Å². The summed E-state index contributed by atoms with van der Waals surface area (Å²) in [6.07, 6.45) is 4.47. The van der Waals surface area contributed by atoms with Gasteiger partial charge >= 0.3 is 0 Å². The minimum atomic E-state index is -0.316. The molecule has 0 saturated heterocycles. The Bertz CT molecular complexity index is 380. The molecule has 2 atom stereocenters. The van der Waals surface area contributed by atoms with E-state index in [4.69, 9.17) is 5.73 Å².